The maximum absolute atomic E-state index is 13.2. The zero-order valence-electron chi connectivity index (χ0n) is 17.5. The molecule has 0 bridgehead atoms. The highest BCUT2D eigenvalue weighted by Gasteiger charge is 2.35. The van der Waals surface area contributed by atoms with E-state index < -0.39 is 21.4 Å². The molecule has 0 radical (unpaired) electrons. The van der Waals surface area contributed by atoms with Gasteiger partial charge in [-0.05, 0) is 60.8 Å². The maximum Gasteiger partial charge on any atom is 0.354 e. The fourth-order valence-corrected chi connectivity index (χ4v) is 5.83. The van der Waals surface area contributed by atoms with Gasteiger partial charge in [0, 0.05) is 11.1 Å². The zero-order valence-corrected chi connectivity index (χ0v) is 18.3. The number of nitrogens with one attached hydrogen (secondary N) is 1. The van der Waals surface area contributed by atoms with Gasteiger partial charge in [-0.2, -0.15) is 5.10 Å². The summed E-state index contributed by atoms with van der Waals surface area (Å²) in [7, 11) is -3.56. The number of benzene rings is 1. The molecule has 1 aromatic heterocycles. The molecule has 2 aromatic rings. The fraction of sp³-hybridized carbons (Fsp3) is 0.524. The van der Waals surface area contributed by atoms with Gasteiger partial charge < -0.3 is 15.2 Å². The van der Waals surface area contributed by atoms with Crippen LogP contribution in [0.25, 0.3) is 0 Å². The first kappa shape index (κ1) is 20.5. The van der Waals surface area contributed by atoms with Gasteiger partial charge in [-0.3, -0.25) is 0 Å². The normalized spacial score (nSPS) is 23.3. The number of nitrogens with zero attached hydrogens (tertiary/aromatic N) is 3. The Morgan fingerprint density at radius 2 is 2.00 bits per heavy atom. The van der Waals surface area contributed by atoms with E-state index in [1.165, 1.54) is 33.1 Å². The lowest BCUT2D eigenvalue weighted by atomic mass is 9.92. The predicted octanol–water partition coefficient (Wildman–Crippen LogP) is 2.18. The number of aromatic nitrogens is 2. The third-order valence-corrected chi connectivity index (χ3v) is 7.82. The highest BCUT2D eigenvalue weighted by molar-refractivity contribution is 7.91. The first-order valence-electron chi connectivity index (χ1n) is 10.6. The van der Waals surface area contributed by atoms with Crippen molar-refractivity contribution in [1.82, 2.24) is 9.78 Å². The van der Waals surface area contributed by atoms with Crippen molar-refractivity contribution in [3.05, 3.63) is 34.5 Å². The van der Waals surface area contributed by atoms with Crippen LogP contribution in [0.1, 0.15) is 42.0 Å². The van der Waals surface area contributed by atoms with Crippen molar-refractivity contribution < 1.29 is 18.8 Å². The molecule has 4 N–H and O–H groups in total. The molecule has 2 heterocycles. The Morgan fingerprint density at radius 1 is 1.32 bits per heavy atom. The average Bonchev–Trinajstić information content (AvgIpc) is 3.46. The smallest absolute Gasteiger partial charge is 0.354 e. The number of anilines is 1. The van der Waals surface area contributed by atoms with E-state index >= 15 is 0 Å². The maximum atomic E-state index is 13.2. The van der Waals surface area contributed by atoms with Crippen LogP contribution >= 0.6 is 0 Å². The number of aliphatic hydroxyl groups is 1. The average molecular weight is 446 g/mol. The first-order chi connectivity index (χ1) is 14.8. The largest absolute Gasteiger partial charge is 0.476 e. The number of nitrogens with two attached hydrogens (primary N) is 1. The van der Waals surface area contributed by atoms with E-state index in [1.807, 2.05) is 6.92 Å². The van der Waals surface area contributed by atoms with Crippen molar-refractivity contribution in [2.24, 2.45) is 14.9 Å². The number of carbonyl (C=O) groups excluding carboxylic acids is 1. The molecule has 2 amide bonds. The summed E-state index contributed by atoms with van der Waals surface area (Å²) in [6.07, 6.45) is 7.34. The van der Waals surface area contributed by atoms with E-state index in [9.17, 15) is 14.1 Å². The van der Waals surface area contributed by atoms with E-state index in [-0.39, 0.29) is 24.0 Å². The number of urea groups is 1. The molecule has 31 heavy (non-hydrogen) atoms. The van der Waals surface area contributed by atoms with Crippen molar-refractivity contribution in [2.45, 2.75) is 56.9 Å². The van der Waals surface area contributed by atoms with Crippen LogP contribution in [0.5, 0.6) is 5.88 Å². The van der Waals surface area contributed by atoms with E-state index in [0.717, 1.165) is 44.2 Å². The summed E-state index contributed by atoms with van der Waals surface area (Å²) >= 11 is 0. The molecule has 0 fully saturated rings. The molecule has 5 rings (SSSR count). The SMILES string of the molecule is C[C@@]1(CO)COc2c([S@@](N)(=O)=NC(=O)Nc3c4c(cc5c3CCC5)CCC4)cnn2C1. The standard InChI is InChI=1S/C21H27N5O4S/c1-21(11-27)10-26-19(30-12-21)17(9-23-26)31(22,29)25-20(28)24-18-15-6-2-4-13(15)8-14-5-3-7-16(14)18/h8-9,27H,2-7,10-12H2,1H3,(H3,22,24,25,28,29)/t21-,31+/m1/s1. The van der Waals surface area contributed by atoms with Gasteiger partial charge in [-0.15, -0.1) is 4.36 Å². The molecular weight excluding hydrogens is 418 g/mol. The molecule has 0 spiro atoms. The Kier molecular flexibility index (Phi) is 4.83. The predicted molar refractivity (Wildman–Crippen MR) is 115 cm³/mol. The van der Waals surface area contributed by atoms with Gasteiger partial charge in [0.05, 0.1) is 26.0 Å². The quantitative estimate of drug-likeness (QED) is 0.666. The summed E-state index contributed by atoms with van der Waals surface area (Å²) < 4.78 is 24.2. The topological polar surface area (TPSA) is 132 Å². The fourth-order valence-electron chi connectivity index (χ4n) is 4.83. The molecule has 1 aliphatic heterocycles. The van der Waals surface area contributed by atoms with Gasteiger partial charge in [0.15, 0.2) is 9.92 Å². The van der Waals surface area contributed by atoms with Gasteiger partial charge in [0.2, 0.25) is 5.88 Å². The molecule has 2 aliphatic carbocycles. The number of hydrogen-bond acceptors (Lipinski definition) is 5. The molecule has 3 aliphatic rings. The molecular formula is C21H27N5O4S. The minimum atomic E-state index is -3.56. The van der Waals surface area contributed by atoms with Crippen LogP contribution in [0, 0.1) is 5.41 Å². The Labute approximate surface area is 181 Å². The van der Waals surface area contributed by atoms with E-state index in [0.29, 0.717) is 6.54 Å². The molecule has 2 atom stereocenters. The van der Waals surface area contributed by atoms with Gasteiger partial charge in [-0.25, -0.2) is 18.8 Å². The summed E-state index contributed by atoms with van der Waals surface area (Å²) in [5, 5.41) is 22.6. The molecule has 0 saturated heterocycles. The van der Waals surface area contributed by atoms with Crippen LogP contribution in [0.15, 0.2) is 21.5 Å². The van der Waals surface area contributed by atoms with Crippen LogP contribution in [-0.4, -0.2) is 38.3 Å². The van der Waals surface area contributed by atoms with Crippen molar-refractivity contribution >= 4 is 21.6 Å². The number of amides is 2. The van der Waals surface area contributed by atoms with Gasteiger partial charge in [-0.1, -0.05) is 13.0 Å². The lowest BCUT2D eigenvalue weighted by Gasteiger charge is -2.32. The number of carbonyl (C=O) groups is 1. The minimum absolute atomic E-state index is 0.0713. The van der Waals surface area contributed by atoms with Crippen molar-refractivity contribution in [2.75, 3.05) is 18.5 Å². The molecule has 0 saturated carbocycles. The van der Waals surface area contributed by atoms with Gasteiger partial charge >= 0.3 is 6.03 Å². The number of aryl methyl sites for hydroxylation is 2. The van der Waals surface area contributed by atoms with Crippen molar-refractivity contribution in [3.8, 4) is 5.88 Å². The molecule has 0 unspecified atom stereocenters. The Morgan fingerprint density at radius 3 is 2.65 bits per heavy atom. The molecule has 166 valence electrons. The lowest BCUT2D eigenvalue weighted by molar-refractivity contribution is 0.0287. The molecule has 1 aromatic carbocycles. The number of fused-ring (bicyclic) bond motifs is 3. The van der Waals surface area contributed by atoms with E-state index in [1.54, 1.807) is 0 Å². The summed E-state index contributed by atoms with van der Waals surface area (Å²) in [4.78, 5) is 12.9. The Bertz CT molecular complexity index is 1160. The Balaban J connectivity index is 1.45. The monoisotopic (exact) mass is 445 g/mol. The lowest BCUT2D eigenvalue weighted by Crippen LogP contribution is -2.38. The summed E-state index contributed by atoms with van der Waals surface area (Å²) in [6, 6.07) is 1.55. The minimum Gasteiger partial charge on any atom is -0.476 e. The van der Waals surface area contributed by atoms with Crippen molar-refractivity contribution in [1.29, 1.82) is 0 Å². The molecule has 9 nitrogen and oxygen atoms in total. The number of rotatable bonds is 3. The second-order valence-electron chi connectivity index (χ2n) is 9.05. The third kappa shape index (κ3) is 3.52. The Hall–Kier alpha value is -2.43. The van der Waals surface area contributed by atoms with E-state index in [2.05, 4.69) is 20.8 Å². The number of ether oxygens (including phenoxy) is 1. The van der Waals surface area contributed by atoms with Crippen LogP contribution in [0.4, 0.5) is 10.5 Å². The molecule has 10 heteroatoms. The summed E-state index contributed by atoms with van der Waals surface area (Å²) in [6.45, 7) is 2.42. The number of hydrogen-bond donors (Lipinski definition) is 3. The summed E-state index contributed by atoms with van der Waals surface area (Å²) in [5.41, 5.74) is 5.25. The van der Waals surface area contributed by atoms with E-state index in [4.69, 9.17) is 9.88 Å². The second-order valence-corrected chi connectivity index (χ2v) is 10.8. The van der Waals surface area contributed by atoms with Crippen LogP contribution in [0.3, 0.4) is 0 Å². The highest BCUT2D eigenvalue weighted by atomic mass is 32.2. The van der Waals surface area contributed by atoms with Crippen LogP contribution in [-0.2, 0) is 42.1 Å². The van der Waals surface area contributed by atoms with Crippen molar-refractivity contribution in [3.63, 3.8) is 0 Å². The van der Waals surface area contributed by atoms with Crippen LogP contribution < -0.4 is 15.2 Å². The second kappa shape index (κ2) is 7.32. The van der Waals surface area contributed by atoms with Crippen LogP contribution in [0.2, 0.25) is 0 Å². The highest BCUT2D eigenvalue weighted by Crippen LogP contribution is 2.39. The zero-order chi connectivity index (χ0) is 21.8. The van der Waals surface area contributed by atoms with Gasteiger partial charge in [0.25, 0.3) is 0 Å². The third-order valence-electron chi connectivity index (χ3n) is 6.47. The van der Waals surface area contributed by atoms with Gasteiger partial charge in [0.1, 0.15) is 4.90 Å². The number of aliphatic hydroxyl groups excluding tert-OH is 1. The first-order valence-corrected chi connectivity index (χ1v) is 12.2. The summed E-state index contributed by atoms with van der Waals surface area (Å²) in [5.74, 6) is 0.233.